The molecule has 0 aliphatic carbocycles. The van der Waals surface area contributed by atoms with E-state index in [1.165, 1.54) is 32.4 Å². The molecule has 0 aromatic carbocycles. The fraction of sp³-hybridized carbons (Fsp3) is 0.900. The number of carbonyl (C=O) groups excluding carboxylic acids is 1. The number of nitrogens with two attached hydrogens (primary N) is 1. The van der Waals surface area contributed by atoms with Gasteiger partial charge in [-0.15, -0.1) is 0 Å². The van der Waals surface area contributed by atoms with Gasteiger partial charge in [0, 0.05) is 31.7 Å². The largest absolute Gasteiger partial charge is 0.352 e. The third kappa shape index (κ3) is 2.60. The van der Waals surface area contributed by atoms with Crippen molar-refractivity contribution >= 4 is 6.03 Å². The van der Waals surface area contributed by atoms with Gasteiger partial charge in [0.25, 0.3) is 0 Å². The zero-order valence-corrected chi connectivity index (χ0v) is 9.04. The normalized spacial score (nSPS) is 30.4. The monoisotopic (exact) mass is 212 g/mol. The molecule has 2 fully saturated rings. The third-order valence-corrected chi connectivity index (χ3v) is 3.44. The Morgan fingerprint density at radius 1 is 1.33 bits per heavy atom. The first kappa shape index (κ1) is 10.7. The van der Waals surface area contributed by atoms with Gasteiger partial charge in [-0.3, -0.25) is 4.90 Å². The Hall–Kier alpha value is -0.810. The van der Waals surface area contributed by atoms with Crippen molar-refractivity contribution in [1.29, 1.82) is 0 Å². The molecule has 2 amide bonds. The van der Waals surface area contributed by atoms with Gasteiger partial charge in [0.2, 0.25) is 0 Å². The molecule has 2 unspecified atom stereocenters. The molecule has 4 N–H and O–H groups in total. The van der Waals surface area contributed by atoms with E-state index in [9.17, 15) is 4.79 Å². The van der Waals surface area contributed by atoms with Crippen LogP contribution in [-0.2, 0) is 0 Å². The van der Waals surface area contributed by atoms with Crippen molar-refractivity contribution in [2.75, 3.05) is 26.2 Å². The Balaban J connectivity index is 1.65. The topological polar surface area (TPSA) is 70.4 Å². The highest BCUT2D eigenvalue weighted by Crippen LogP contribution is 2.27. The second kappa shape index (κ2) is 4.81. The number of nitrogens with one attached hydrogen (secondary N) is 2. The lowest BCUT2D eigenvalue weighted by molar-refractivity contribution is 0.248. The number of hydrogen-bond donors (Lipinski definition) is 3. The standard InChI is InChI=1S/C10H20N4O/c11-10(15)13-5-4-12-8-3-7-14-6-1-2-9(8)14/h8-9,12H,1-7H2,(H3,11,13,15). The Morgan fingerprint density at radius 3 is 3.00 bits per heavy atom. The third-order valence-electron chi connectivity index (χ3n) is 3.44. The molecule has 2 aliphatic heterocycles. The van der Waals surface area contributed by atoms with Crippen molar-refractivity contribution in [3.05, 3.63) is 0 Å². The Labute approximate surface area is 90.4 Å². The van der Waals surface area contributed by atoms with Crippen LogP contribution in [0.1, 0.15) is 19.3 Å². The van der Waals surface area contributed by atoms with E-state index in [1.807, 2.05) is 0 Å². The van der Waals surface area contributed by atoms with Crippen molar-refractivity contribution < 1.29 is 4.79 Å². The molecule has 0 radical (unpaired) electrons. The minimum absolute atomic E-state index is 0.439. The van der Waals surface area contributed by atoms with Crippen molar-refractivity contribution in [2.24, 2.45) is 5.73 Å². The first-order valence-corrected chi connectivity index (χ1v) is 5.78. The number of nitrogens with zero attached hydrogens (tertiary/aromatic N) is 1. The zero-order valence-electron chi connectivity index (χ0n) is 9.04. The maximum atomic E-state index is 10.5. The highest BCUT2D eigenvalue weighted by atomic mass is 16.2. The van der Waals surface area contributed by atoms with E-state index in [0.717, 1.165) is 12.6 Å². The molecule has 0 aromatic heterocycles. The molecule has 2 atom stereocenters. The van der Waals surface area contributed by atoms with Gasteiger partial charge < -0.3 is 16.4 Å². The summed E-state index contributed by atoms with van der Waals surface area (Å²) in [5.41, 5.74) is 4.99. The molecule has 0 saturated carbocycles. The summed E-state index contributed by atoms with van der Waals surface area (Å²) in [7, 11) is 0. The Kier molecular flexibility index (Phi) is 3.43. The fourth-order valence-electron chi connectivity index (χ4n) is 2.76. The molecular weight excluding hydrogens is 192 g/mol. The molecule has 15 heavy (non-hydrogen) atoms. The summed E-state index contributed by atoms with van der Waals surface area (Å²) >= 11 is 0. The Bertz CT molecular complexity index is 233. The molecule has 2 saturated heterocycles. The molecule has 5 heteroatoms. The van der Waals surface area contributed by atoms with Crippen LogP contribution in [-0.4, -0.2) is 49.2 Å². The maximum Gasteiger partial charge on any atom is 0.312 e. The number of hydrogen-bond acceptors (Lipinski definition) is 3. The van der Waals surface area contributed by atoms with Gasteiger partial charge in [-0.2, -0.15) is 0 Å². The van der Waals surface area contributed by atoms with Crippen molar-refractivity contribution in [3.8, 4) is 0 Å². The average Bonchev–Trinajstić information content (AvgIpc) is 2.74. The van der Waals surface area contributed by atoms with Crippen LogP contribution in [0.5, 0.6) is 0 Å². The SMILES string of the molecule is NC(=O)NCCNC1CCN2CCCC12. The lowest BCUT2D eigenvalue weighted by Crippen LogP contribution is -2.43. The summed E-state index contributed by atoms with van der Waals surface area (Å²) in [6.07, 6.45) is 3.89. The summed E-state index contributed by atoms with van der Waals surface area (Å²) in [6, 6.07) is 0.909. The van der Waals surface area contributed by atoms with E-state index < -0.39 is 6.03 Å². The molecule has 5 nitrogen and oxygen atoms in total. The van der Waals surface area contributed by atoms with E-state index in [-0.39, 0.29) is 0 Å². The van der Waals surface area contributed by atoms with Crippen molar-refractivity contribution in [1.82, 2.24) is 15.5 Å². The zero-order chi connectivity index (χ0) is 10.7. The summed E-state index contributed by atoms with van der Waals surface area (Å²) in [4.78, 5) is 13.0. The van der Waals surface area contributed by atoms with E-state index in [0.29, 0.717) is 12.6 Å². The van der Waals surface area contributed by atoms with Crippen LogP contribution in [0.3, 0.4) is 0 Å². The number of urea groups is 1. The number of primary amides is 1. The van der Waals surface area contributed by atoms with Gasteiger partial charge in [0.05, 0.1) is 0 Å². The van der Waals surface area contributed by atoms with Gasteiger partial charge in [-0.25, -0.2) is 4.79 Å². The smallest absolute Gasteiger partial charge is 0.312 e. The van der Waals surface area contributed by atoms with E-state index >= 15 is 0 Å². The number of carbonyl (C=O) groups is 1. The quantitative estimate of drug-likeness (QED) is 0.549. The predicted octanol–water partition coefficient (Wildman–Crippen LogP) is -0.519. The molecule has 0 bridgehead atoms. The Morgan fingerprint density at radius 2 is 2.20 bits per heavy atom. The van der Waals surface area contributed by atoms with Crippen LogP contribution < -0.4 is 16.4 Å². The van der Waals surface area contributed by atoms with Gasteiger partial charge in [-0.1, -0.05) is 0 Å². The van der Waals surface area contributed by atoms with Gasteiger partial charge in [0.1, 0.15) is 0 Å². The van der Waals surface area contributed by atoms with Gasteiger partial charge >= 0.3 is 6.03 Å². The molecule has 0 spiro atoms. The second-order valence-electron chi connectivity index (χ2n) is 4.39. The summed E-state index contributed by atoms with van der Waals surface area (Å²) in [5, 5.41) is 6.09. The predicted molar refractivity (Wildman–Crippen MR) is 58.6 cm³/mol. The van der Waals surface area contributed by atoms with Crippen molar-refractivity contribution in [3.63, 3.8) is 0 Å². The van der Waals surface area contributed by atoms with Crippen LogP contribution in [0.2, 0.25) is 0 Å². The van der Waals surface area contributed by atoms with Gasteiger partial charge in [-0.05, 0) is 25.8 Å². The molecular formula is C10H20N4O. The average molecular weight is 212 g/mol. The van der Waals surface area contributed by atoms with E-state index in [1.54, 1.807) is 0 Å². The fourth-order valence-corrected chi connectivity index (χ4v) is 2.76. The van der Waals surface area contributed by atoms with Crippen LogP contribution in [0, 0.1) is 0 Å². The molecule has 0 aromatic rings. The lowest BCUT2D eigenvalue weighted by Gasteiger charge is -2.21. The highest BCUT2D eigenvalue weighted by molar-refractivity contribution is 5.71. The molecule has 2 heterocycles. The number of rotatable bonds is 4. The molecule has 2 aliphatic rings. The number of amides is 2. The molecule has 2 rings (SSSR count). The van der Waals surface area contributed by atoms with Gasteiger partial charge in [0.15, 0.2) is 0 Å². The second-order valence-corrected chi connectivity index (χ2v) is 4.39. The first-order valence-electron chi connectivity index (χ1n) is 5.78. The lowest BCUT2D eigenvalue weighted by atomic mass is 10.1. The minimum Gasteiger partial charge on any atom is -0.352 e. The molecule has 86 valence electrons. The van der Waals surface area contributed by atoms with E-state index in [2.05, 4.69) is 15.5 Å². The summed E-state index contributed by atoms with van der Waals surface area (Å²) in [5.74, 6) is 0. The summed E-state index contributed by atoms with van der Waals surface area (Å²) < 4.78 is 0. The maximum absolute atomic E-state index is 10.5. The minimum atomic E-state index is -0.439. The number of fused-ring (bicyclic) bond motifs is 1. The van der Waals surface area contributed by atoms with Crippen LogP contribution in [0.25, 0.3) is 0 Å². The van der Waals surface area contributed by atoms with Crippen LogP contribution >= 0.6 is 0 Å². The van der Waals surface area contributed by atoms with Crippen LogP contribution in [0.15, 0.2) is 0 Å². The highest BCUT2D eigenvalue weighted by Gasteiger charge is 2.36. The van der Waals surface area contributed by atoms with Crippen molar-refractivity contribution in [2.45, 2.75) is 31.3 Å². The first-order chi connectivity index (χ1) is 7.27. The summed E-state index contributed by atoms with van der Waals surface area (Å²) in [6.45, 7) is 3.93. The van der Waals surface area contributed by atoms with E-state index in [4.69, 9.17) is 5.73 Å². The van der Waals surface area contributed by atoms with Crippen LogP contribution in [0.4, 0.5) is 4.79 Å².